The molecule has 1 aromatic heterocycles. The number of hydrogen-bond acceptors (Lipinski definition) is 6. The molecule has 0 aliphatic carbocycles. The van der Waals surface area contributed by atoms with Gasteiger partial charge in [0.25, 0.3) is 5.69 Å². The molecule has 2 rings (SSSR count). The molecule has 21 heavy (non-hydrogen) atoms. The van der Waals surface area contributed by atoms with E-state index in [9.17, 15) is 14.9 Å². The third-order valence-electron chi connectivity index (χ3n) is 2.84. The first-order valence-corrected chi connectivity index (χ1v) is 6.35. The molecule has 0 aliphatic heterocycles. The number of non-ortho nitro benzene ring substituents is 1. The molecule has 0 atom stereocenters. The Balaban J connectivity index is 1.96. The van der Waals surface area contributed by atoms with E-state index in [4.69, 9.17) is 9.63 Å². The number of carboxylic acids is 1. The normalized spacial score (nSPS) is 10.5. The van der Waals surface area contributed by atoms with Gasteiger partial charge in [0.2, 0.25) is 11.7 Å². The maximum absolute atomic E-state index is 10.6. The minimum atomic E-state index is -0.827. The summed E-state index contributed by atoms with van der Waals surface area (Å²) in [5.41, 5.74) is 0.622. The van der Waals surface area contributed by atoms with E-state index in [-0.39, 0.29) is 12.1 Å². The summed E-state index contributed by atoms with van der Waals surface area (Å²) >= 11 is 0. The number of aromatic nitrogens is 2. The topological polar surface area (TPSA) is 119 Å². The number of carboxylic acid groups (broad SMARTS) is 1. The summed E-state index contributed by atoms with van der Waals surface area (Å²) < 4.78 is 5.06. The fraction of sp³-hybridized carbons (Fsp3) is 0.308. The Morgan fingerprint density at radius 1 is 1.29 bits per heavy atom. The van der Waals surface area contributed by atoms with Crippen molar-refractivity contribution in [2.45, 2.75) is 25.7 Å². The average Bonchev–Trinajstić information content (AvgIpc) is 2.92. The number of hydrogen-bond donors (Lipinski definition) is 1. The number of rotatable bonds is 7. The molecule has 2 aromatic rings. The summed E-state index contributed by atoms with van der Waals surface area (Å²) in [6.07, 6.45) is 1.81. The van der Waals surface area contributed by atoms with Crippen LogP contribution in [0.4, 0.5) is 5.69 Å². The van der Waals surface area contributed by atoms with E-state index in [0.29, 0.717) is 36.5 Å². The molecule has 110 valence electrons. The van der Waals surface area contributed by atoms with E-state index >= 15 is 0 Å². The van der Waals surface area contributed by atoms with Crippen molar-refractivity contribution in [3.63, 3.8) is 0 Å². The largest absolute Gasteiger partial charge is 0.481 e. The molecule has 8 heteroatoms. The zero-order chi connectivity index (χ0) is 15.2. The third kappa shape index (κ3) is 4.10. The average molecular weight is 291 g/mol. The fourth-order valence-electron chi connectivity index (χ4n) is 1.76. The summed E-state index contributed by atoms with van der Waals surface area (Å²) in [5.74, 6) is -0.0426. The SMILES string of the molecule is O=C(O)CCCCc1nc(-c2ccc([N+](=O)[O-])cc2)no1. The first-order chi connectivity index (χ1) is 10.1. The molecule has 0 unspecified atom stereocenters. The molecule has 1 N–H and O–H groups in total. The van der Waals surface area contributed by atoms with E-state index < -0.39 is 10.9 Å². The van der Waals surface area contributed by atoms with Crippen LogP contribution in [-0.2, 0) is 11.2 Å². The van der Waals surface area contributed by atoms with Gasteiger partial charge in [-0.05, 0) is 25.0 Å². The number of aliphatic carboxylic acids is 1. The highest BCUT2D eigenvalue weighted by molar-refractivity contribution is 5.66. The summed E-state index contributed by atoms with van der Waals surface area (Å²) in [5, 5.41) is 22.9. The van der Waals surface area contributed by atoms with Crippen molar-refractivity contribution in [1.82, 2.24) is 10.1 Å². The molecule has 0 spiro atoms. The number of carbonyl (C=O) groups is 1. The zero-order valence-corrected chi connectivity index (χ0v) is 11.1. The Morgan fingerprint density at radius 3 is 2.62 bits per heavy atom. The molecule has 0 radical (unpaired) electrons. The van der Waals surface area contributed by atoms with E-state index in [1.165, 1.54) is 12.1 Å². The lowest BCUT2D eigenvalue weighted by Gasteiger charge is -1.94. The Bertz CT molecular complexity index is 636. The summed E-state index contributed by atoms with van der Waals surface area (Å²) in [6, 6.07) is 5.85. The van der Waals surface area contributed by atoms with Crippen LogP contribution < -0.4 is 0 Å². The predicted octanol–water partition coefficient (Wildman–Crippen LogP) is 2.44. The van der Waals surface area contributed by atoms with Gasteiger partial charge in [0.05, 0.1) is 4.92 Å². The van der Waals surface area contributed by atoms with Crippen molar-refractivity contribution < 1.29 is 19.3 Å². The van der Waals surface area contributed by atoms with Gasteiger partial charge in [0.15, 0.2) is 0 Å². The maximum Gasteiger partial charge on any atom is 0.303 e. The fourth-order valence-corrected chi connectivity index (χ4v) is 1.76. The van der Waals surface area contributed by atoms with Gasteiger partial charge in [-0.1, -0.05) is 5.16 Å². The zero-order valence-electron chi connectivity index (χ0n) is 11.1. The number of nitrogens with zero attached hydrogens (tertiary/aromatic N) is 3. The number of unbranched alkanes of at least 4 members (excludes halogenated alkanes) is 1. The van der Waals surface area contributed by atoms with E-state index in [2.05, 4.69) is 10.1 Å². The molecule has 0 saturated carbocycles. The first kappa shape index (κ1) is 14.6. The van der Waals surface area contributed by atoms with Crippen LogP contribution in [-0.4, -0.2) is 26.1 Å². The second kappa shape index (κ2) is 6.60. The van der Waals surface area contributed by atoms with Crippen LogP contribution in [0.2, 0.25) is 0 Å². The van der Waals surface area contributed by atoms with E-state index in [1.54, 1.807) is 12.1 Å². The third-order valence-corrected chi connectivity index (χ3v) is 2.84. The smallest absolute Gasteiger partial charge is 0.303 e. The highest BCUT2D eigenvalue weighted by atomic mass is 16.6. The number of aryl methyl sites for hydroxylation is 1. The molecule has 0 fully saturated rings. The van der Waals surface area contributed by atoms with Crippen LogP contribution in [0, 0.1) is 10.1 Å². The van der Waals surface area contributed by atoms with Gasteiger partial charge in [-0.25, -0.2) is 0 Å². The highest BCUT2D eigenvalue weighted by Crippen LogP contribution is 2.20. The van der Waals surface area contributed by atoms with Gasteiger partial charge in [-0.2, -0.15) is 4.98 Å². The first-order valence-electron chi connectivity index (χ1n) is 6.35. The minimum Gasteiger partial charge on any atom is -0.481 e. The number of nitro benzene ring substituents is 1. The summed E-state index contributed by atoms with van der Waals surface area (Å²) in [7, 11) is 0. The van der Waals surface area contributed by atoms with Crippen LogP contribution in [0.1, 0.15) is 25.2 Å². The molecular weight excluding hydrogens is 278 g/mol. The lowest BCUT2D eigenvalue weighted by atomic mass is 10.2. The van der Waals surface area contributed by atoms with Gasteiger partial charge in [-0.3, -0.25) is 14.9 Å². The molecule has 0 aliphatic rings. The molecule has 8 nitrogen and oxygen atoms in total. The Hall–Kier alpha value is -2.77. The Morgan fingerprint density at radius 2 is 2.00 bits per heavy atom. The predicted molar refractivity (Wildman–Crippen MR) is 71.6 cm³/mol. The molecule has 0 amide bonds. The lowest BCUT2D eigenvalue weighted by Crippen LogP contribution is -1.95. The molecule has 1 heterocycles. The van der Waals surface area contributed by atoms with Crippen molar-refractivity contribution in [2.75, 3.05) is 0 Å². The molecular formula is C13H13N3O5. The maximum atomic E-state index is 10.6. The molecule has 0 saturated heterocycles. The molecule has 0 bridgehead atoms. The van der Waals surface area contributed by atoms with Crippen LogP contribution >= 0.6 is 0 Å². The van der Waals surface area contributed by atoms with Crippen molar-refractivity contribution >= 4 is 11.7 Å². The van der Waals surface area contributed by atoms with Crippen molar-refractivity contribution in [2.24, 2.45) is 0 Å². The van der Waals surface area contributed by atoms with Gasteiger partial charge in [-0.15, -0.1) is 0 Å². The Labute approximate surface area is 119 Å². The van der Waals surface area contributed by atoms with Crippen LogP contribution in [0.3, 0.4) is 0 Å². The van der Waals surface area contributed by atoms with Gasteiger partial charge < -0.3 is 9.63 Å². The lowest BCUT2D eigenvalue weighted by molar-refractivity contribution is -0.384. The quantitative estimate of drug-likeness (QED) is 0.472. The van der Waals surface area contributed by atoms with Crippen molar-refractivity contribution in [3.05, 3.63) is 40.3 Å². The second-order valence-electron chi connectivity index (χ2n) is 4.42. The van der Waals surface area contributed by atoms with Crippen LogP contribution in [0.5, 0.6) is 0 Å². The van der Waals surface area contributed by atoms with Crippen molar-refractivity contribution in [1.29, 1.82) is 0 Å². The van der Waals surface area contributed by atoms with Gasteiger partial charge >= 0.3 is 5.97 Å². The Kier molecular flexibility index (Phi) is 4.60. The van der Waals surface area contributed by atoms with E-state index in [0.717, 1.165) is 0 Å². The summed E-state index contributed by atoms with van der Waals surface area (Å²) in [4.78, 5) is 24.6. The number of nitro groups is 1. The van der Waals surface area contributed by atoms with E-state index in [1.807, 2.05) is 0 Å². The van der Waals surface area contributed by atoms with Gasteiger partial charge in [0, 0.05) is 30.5 Å². The number of benzene rings is 1. The monoisotopic (exact) mass is 291 g/mol. The highest BCUT2D eigenvalue weighted by Gasteiger charge is 2.11. The van der Waals surface area contributed by atoms with Crippen LogP contribution in [0.15, 0.2) is 28.8 Å². The minimum absolute atomic E-state index is 0.00357. The van der Waals surface area contributed by atoms with Crippen LogP contribution in [0.25, 0.3) is 11.4 Å². The summed E-state index contributed by atoms with van der Waals surface area (Å²) in [6.45, 7) is 0. The molecule has 1 aromatic carbocycles. The standard InChI is InChI=1S/C13H13N3O5/c17-12(18)4-2-1-3-11-14-13(15-21-11)9-5-7-10(8-6-9)16(19)20/h5-8H,1-4H2,(H,17,18). The van der Waals surface area contributed by atoms with Gasteiger partial charge in [0.1, 0.15) is 0 Å². The second-order valence-corrected chi connectivity index (χ2v) is 4.42. The van der Waals surface area contributed by atoms with Crippen molar-refractivity contribution in [3.8, 4) is 11.4 Å².